The van der Waals surface area contributed by atoms with Crippen molar-refractivity contribution in [1.29, 1.82) is 0 Å². The van der Waals surface area contributed by atoms with Gasteiger partial charge in [0.2, 0.25) is 0 Å². The van der Waals surface area contributed by atoms with Gasteiger partial charge in [-0.05, 0) is 70.8 Å². The summed E-state index contributed by atoms with van der Waals surface area (Å²) in [5.74, 6) is 1.50. The number of rotatable bonds is 8. The van der Waals surface area contributed by atoms with Crippen molar-refractivity contribution in [3.63, 3.8) is 0 Å². The van der Waals surface area contributed by atoms with Crippen molar-refractivity contribution in [3.05, 3.63) is 212 Å². The van der Waals surface area contributed by atoms with Crippen LogP contribution < -0.4 is 4.90 Å². The predicted octanol–water partition coefficient (Wildman–Crippen LogP) is 14.1. The average molecular weight is 744 g/mol. The van der Waals surface area contributed by atoms with Crippen LogP contribution in [0.5, 0.6) is 0 Å². The molecule has 0 fully saturated rings. The lowest BCUT2D eigenvalue weighted by Crippen LogP contribution is -2.11. The summed E-state index contributed by atoms with van der Waals surface area (Å²) in [7, 11) is 0. The highest BCUT2D eigenvalue weighted by molar-refractivity contribution is 6.14. The average Bonchev–Trinajstić information content (AvgIpc) is 3.69. The molecule has 2 aromatic heterocycles. The molecule has 0 atom stereocenters. The Kier molecular flexibility index (Phi) is 8.79. The van der Waals surface area contributed by atoms with Gasteiger partial charge < -0.3 is 9.32 Å². The highest BCUT2D eigenvalue weighted by atomic mass is 16.3. The maximum Gasteiger partial charge on any atom is 0.187 e. The zero-order valence-electron chi connectivity index (χ0n) is 31.2. The maximum absolute atomic E-state index is 7.65. The van der Waals surface area contributed by atoms with Crippen molar-refractivity contribution in [3.8, 4) is 56.4 Å². The van der Waals surface area contributed by atoms with Crippen LogP contribution in [0.4, 0.5) is 22.7 Å². The third-order valence-corrected chi connectivity index (χ3v) is 10.3. The van der Waals surface area contributed by atoms with Gasteiger partial charge in [0.05, 0.1) is 17.6 Å². The minimum absolute atomic E-state index is 0.477. The van der Waals surface area contributed by atoms with Gasteiger partial charge >= 0.3 is 0 Å². The van der Waals surface area contributed by atoms with E-state index in [1.54, 1.807) is 6.07 Å². The molecular weight excluding hydrogens is 711 g/mol. The lowest BCUT2D eigenvalue weighted by Gasteiger charge is -2.27. The third kappa shape index (κ3) is 6.53. The van der Waals surface area contributed by atoms with Gasteiger partial charge in [0, 0.05) is 33.5 Å². The number of fused-ring (bicyclic) bond motifs is 3. The second-order valence-electron chi connectivity index (χ2n) is 14.0. The molecule has 0 saturated carbocycles. The van der Waals surface area contributed by atoms with Crippen LogP contribution in [0.1, 0.15) is 0 Å². The third-order valence-electron chi connectivity index (χ3n) is 10.3. The number of anilines is 3. The van der Waals surface area contributed by atoms with Crippen LogP contribution in [0.2, 0.25) is 0 Å². The number of hydrogen-bond acceptors (Lipinski definition) is 5. The van der Waals surface area contributed by atoms with Crippen LogP contribution in [0.25, 0.3) is 83.2 Å². The fraction of sp³-hybridized carbons (Fsp3) is 0. The van der Waals surface area contributed by atoms with E-state index < -0.39 is 0 Å². The van der Waals surface area contributed by atoms with Crippen molar-refractivity contribution in [1.82, 2.24) is 15.0 Å². The fourth-order valence-electron chi connectivity index (χ4n) is 7.50. The number of nitrogens with zero attached hydrogens (tertiary/aromatic N) is 5. The van der Waals surface area contributed by atoms with E-state index in [2.05, 4.69) is 119 Å². The monoisotopic (exact) mass is 743 g/mol. The summed E-state index contributed by atoms with van der Waals surface area (Å²) < 4.78 is 6.66. The molecule has 6 heteroatoms. The molecule has 0 spiro atoms. The van der Waals surface area contributed by atoms with Gasteiger partial charge in [0.25, 0.3) is 0 Å². The van der Waals surface area contributed by atoms with Gasteiger partial charge in [0.15, 0.2) is 23.2 Å². The lowest BCUT2D eigenvalue weighted by molar-refractivity contribution is 0.669. The van der Waals surface area contributed by atoms with E-state index in [1.165, 1.54) is 0 Å². The van der Waals surface area contributed by atoms with Gasteiger partial charge in [-0.3, -0.25) is 0 Å². The normalized spacial score (nSPS) is 11.1. The van der Waals surface area contributed by atoms with Crippen LogP contribution in [-0.4, -0.2) is 15.0 Å². The molecular formula is C52H33N5O. The van der Waals surface area contributed by atoms with Crippen molar-refractivity contribution in [2.45, 2.75) is 0 Å². The molecule has 0 aliphatic carbocycles. The molecule has 10 aromatic rings. The molecule has 272 valence electrons. The standard InChI is InChI=1S/C52H33N5O/c1-53-42-21-13-20-40(32-42)51-54-50(39-18-9-4-10-19-39)55-52(56-51)41-33-46(49-45-22-11-12-23-47(45)58-48(49)34-41)57(43-28-24-37(25-29-43)35-14-5-2-6-15-35)44-30-26-38(27-31-44)36-16-7-3-8-17-36/h2-34H. The molecule has 0 N–H and O–H groups in total. The van der Waals surface area contributed by atoms with Gasteiger partial charge in [-0.15, -0.1) is 0 Å². The van der Waals surface area contributed by atoms with Gasteiger partial charge in [-0.2, -0.15) is 0 Å². The largest absolute Gasteiger partial charge is 0.456 e. The topological polar surface area (TPSA) is 59.4 Å². The number of hydrogen-bond donors (Lipinski definition) is 0. The van der Waals surface area contributed by atoms with Crippen LogP contribution in [0.15, 0.2) is 205 Å². The van der Waals surface area contributed by atoms with Gasteiger partial charge in [-0.1, -0.05) is 152 Å². The highest BCUT2D eigenvalue weighted by Gasteiger charge is 2.23. The summed E-state index contributed by atoms with van der Waals surface area (Å²) >= 11 is 0. The molecule has 0 radical (unpaired) electrons. The van der Waals surface area contributed by atoms with Gasteiger partial charge in [-0.25, -0.2) is 19.8 Å². The zero-order valence-corrected chi connectivity index (χ0v) is 31.2. The summed E-state index contributed by atoms with van der Waals surface area (Å²) in [6, 6.07) is 67.9. The molecule has 58 heavy (non-hydrogen) atoms. The summed E-state index contributed by atoms with van der Waals surface area (Å²) in [6.07, 6.45) is 0. The van der Waals surface area contributed by atoms with Crippen molar-refractivity contribution in [2.75, 3.05) is 4.90 Å². The summed E-state index contributed by atoms with van der Waals surface area (Å²) in [6.45, 7) is 7.65. The van der Waals surface area contributed by atoms with E-state index in [1.807, 2.05) is 84.9 Å². The van der Waals surface area contributed by atoms with E-state index in [0.29, 0.717) is 28.7 Å². The fourth-order valence-corrected chi connectivity index (χ4v) is 7.50. The molecule has 0 saturated heterocycles. The van der Waals surface area contributed by atoms with E-state index in [9.17, 15) is 0 Å². The Bertz CT molecular complexity index is 3020. The second kappa shape index (κ2) is 14.8. The van der Waals surface area contributed by atoms with E-state index in [4.69, 9.17) is 25.9 Å². The van der Waals surface area contributed by atoms with Crippen molar-refractivity contribution in [2.24, 2.45) is 0 Å². The molecule has 0 unspecified atom stereocenters. The first-order valence-electron chi connectivity index (χ1n) is 19.0. The smallest absolute Gasteiger partial charge is 0.187 e. The maximum atomic E-state index is 7.65. The van der Waals surface area contributed by atoms with E-state index in [0.717, 1.165) is 72.4 Å². The molecule has 0 bridgehead atoms. The van der Waals surface area contributed by atoms with Crippen LogP contribution in [0.3, 0.4) is 0 Å². The Hall–Kier alpha value is -8.14. The van der Waals surface area contributed by atoms with Crippen LogP contribution in [-0.2, 0) is 0 Å². The molecule has 0 aliphatic heterocycles. The highest BCUT2D eigenvalue weighted by Crippen LogP contribution is 2.45. The second-order valence-corrected chi connectivity index (χ2v) is 14.0. The number of para-hydroxylation sites is 1. The first kappa shape index (κ1) is 34.4. The van der Waals surface area contributed by atoms with E-state index >= 15 is 0 Å². The Morgan fingerprint density at radius 3 is 1.47 bits per heavy atom. The molecule has 6 nitrogen and oxygen atoms in total. The zero-order chi connectivity index (χ0) is 38.8. The SMILES string of the molecule is [C-]#[N+]c1cccc(-c2nc(-c3ccccc3)nc(-c3cc(N(c4ccc(-c5ccccc5)cc4)c4ccc(-c5ccccc5)cc4)c4c(c3)oc3ccccc34)n2)c1. The summed E-state index contributed by atoms with van der Waals surface area (Å²) in [5.41, 5.74) is 11.8. The number of benzene rings is 8. The number of aromatic nitrogens is 3. The summed E-state index contributed by atoms with van der Waals surface area (Å²) in [5, 5.41) is 1.98. The quantitative estimate of drug-likeness (QED) is 0.145. The number of furan rings is 1. The minimum Gasteiger partial charge on any atom is -0.456 e. The van der Waals surface area contributed by atoms with Crippen LogP contribution in [0, 0.1) is 6.57 Å². The Labute approximate surface area is 335 Å². The molecule has 0 amide bonds. The molecule has 2 heterocycles. The van der Waals surface area contributed by atoms with Crippen molar-refractivity contribution < 1.29 is 4.42 Å². The van der Waals surface area contributed by atoms with Crippen molar-refractivity contribution >= 4 is 44.7 Å². The molecule has 0 aliphatic rings. The Morgan fingerprint density at radius 1 is 0.397 bits per heavy atom. The minimum atomic E-state index is 0.477. The first-order valence-corrected chi connectivity index (χ1v) is 19.0. The summed E-state index contributed by atoms with van der Waals surface area (Å²) in [4.78, 5) is 21.1. The Balaban J connectivity index is 1.22. The van der Waals surface area contributed by atoms with E-state index in [-0.39, 0.29) is 0 Å². The van der Waals surface area contributed by atoms with Gasteiger partial charge in [0.1, 0.15) is 11.2 Å². The lowest BCUT2D eigenvalue weighted by atomic mass is 10.0. The Morgan fingerprint density at radius 2 is 0.879 bits per heavy atom. The molecule has 8 aromatic carbocycles. The first-order chi connectivity index (χ1) is 28.7. The molecule has 10 rings (SSSR count). The van der Waals surface area contributed by atoms with Crippen LogP contribution >= 0.6 is 0 Å². The predicted molar refractivity (Wildman–Crippen MR) is 235 cm³/mol.